The first kappa shape index (κ1) is 22.7. The van der Waals surface area contributed by atoms with Gasteiger partial charge in [-0.3, -0.25) is 14.9 Å². The number of aliphatic carboxylic acids is 1. The Labute approximate surface area is 203 Å². The van der Waals surface area contributed by atoms with Gasteiger partial charge in [0.25, 0.3) is 0 Å². The van der Waals surface area contributed by atoms with Crippen molar-refractivity contribution in [1.29, 1.82) is 0 Å². The first-order valence-electron chi connectivity index (χ1n) is 11.7. The number of carboxylic acids is 1. The highest BCUT2D eigenvalue weighted by Gasteiger charge is 2.42. The van der Waals surface area contributed by atoms with Crippen LogP contribution in [0.25, 0.3) is 11.1 Å². The van der Waals surface area contributed by atoms with Gasteiger partial charge in [0, 0.05) is 18.2 Å². The van der Waals surface area contributed by atoms with Crippen LogP contribution < -0.4 is 10.6 Å². The lowest BCUT2D eigenvalue weighted by atomic mass is 9.98. The average molecular weight is 471 g/mol. The third kappa shape index (κ3) is 5.04. The van der Waals surface area contributed by atoms with Crippen molar-refractivity contribution in [3.63, 3.8) is 0 Å². The molecule has 5 rings (SSSR count). The van der Waals surface area contributed by atoms with E-state index in [2.05, 4.69) is 34.9 Å². The summed E-state index contributed by atoms with van der Waals surface area (Å²) in [5, 5.41) is 14.5. The molecule has 2 amide bonds. The van der Waals surface area contributed by atoms with Gasteiger partial charge >= 0.3 is 12.1 Å². The Balaban J connectivity index is 1.11. The number of fused-ring (bicyclic) bond motifs is 3. The van der Waals surface area contributed by atoms with Crippen molar-refractivity contribution in [3.8, 4) is 11.1 Å². The zero-order valence-corrected chi connectivity index (χ0v) is 19.1. The van der Waals surface area contributed by atoms with E-state index in [0.29, 0.717) is 18.7 Å². The number of hydrogen-bond donors (Lipinski definition) is 3. The fourth-order valence-corrected chi connectivity index (χ4v) is 4.73. The van der Waals surface area contributed by atoms with Crippen molar-refractivity contribution in [2.24, 2.45) is 11.8 Å². The minimum absolute atomic E-state index is 0.00421. The van der Waals surface area contributed by atoms with Crippen molar-refractivity contribution in [3.05, 3.63) is 89.5 Å². The van der Waals surface area contributed by atoms with Gasteiger partial charge in [-0.1, -0.05) is 60.7 Å². The summed E-state index contributed by atoms with van der Waals surface area (Å²) in [5.41, 5.74) is 6.04. The standard InChI is InChI=1S/C28H26N2O5/c31-26(29-15-18-14-24(18)27(32)33)13-17-9-11-19(12-10-17)30-28(34)35-16-25-22-7-3-1-5-20(22)21-6-2-4-8-23(21)25/h1-12,18,24-25H,13-16H2,(H,29,31)(H,30,34)(H,32,33)/t18-,24-/m1/s1. The fraction of sp³-hybridized carbons (Fsp3) is 0.250. The van der Waals surface area contributed by atoms with Crippen LogP contribution in [-0.2, 0) is 20.7 Å². The van der Waals surface area contributed by atoms with Crippen LogP contribution >= 0.6 is 0 Å². The van der Waals surface area contributed by atoms with Gasteiger partial charge in [-0.05, 0) is 52.3 Å². The van der Waals surface area contributed by atoms with Gasteiger partial charge in [0.1, 0.15) is 6.61 Å². The number of nitrogens with one attached hydrogen (secondary N) is 2. The molecule has 7 heteroatoms. The number of benzene rings is 3. The van der Waals surface area contributed by atoms with Crippen molar-refractivity contribution in [2.45, 2.75) is 18.8 Å². The molecule has 3 aromatic carbocycles. The van der Waals surface area contributed by atoms with Crippen LogP contribution in [0.2, 0.25) is 0 Å². The summed E-state index contributed by atoms with van der Waals surface area (Å²) < 4.78 is 5.57. The molecule has 0 unspecified atom stereocenters. The number of amides is 2. The monoisotopic (exact) mass is 470 g/mol. The molecule has 0 radical (unpaired) electrons. The van der Waals surface area contributed by atoms with Crippen LogP contribution in [0.3, 0.4) is 0 Å². The number of rotatable bonds is 8. The summed E-state index contributed by atoms with van der Waals surface area (Å²) in [7, 11) is 0. The summed E-state index contributed by atoms with van der Waals surface area (Å²) in [6.07, 6.45) is 0.274. The molecule has 0 saturated heterocycles. The van der Waals surface area contributed by atoms with Gasteiger partial charge in [0.2, 0.25) is 5.91 Å². The van der Waals surface area contributed by atoms with Crippen molar-refractivity contribution >= 4 is 23.7 Å². The first-order chi connectivity index (χ1) is 17.0. The Hall–Kier alpha value is -4.13. The van der Waals surface area contributed by atoms with E-state index in [1.807, 2.05) is 24.3 Å². The average Bonchev–Trinajstić information content (AvgIpc) is 3.58. The van der Waals surface area contributed by atoms with E-state index in [0.717, 1.165) is 16.7 Å². The van der Waals surface area contributed by atoms with E-state index < -0.39 is 12.1 Å². The second kappa shape index (κ2) is 9.62. The molecular weight excluding hydrogens is 444 g/mol. The molecule has 0 bridgehead atoms. The van der Waals surface area contributed by atoms with Gasteiger partial charge in [-0.25, -0.2) is 4.79 Å². The molecular formula is C28H26N2O5. The minimum Gasteiger partial charge on any atom is -0.481 e. The Bertz CT molecular complexity index is 1220. The number of carboxylic acid groups (broad SMARTS) is 1. The molecule has 1 saturated carbocycles. The molecule has 0 aliphatic heterocycles. The number of carbonyl (C=O) groups is 3. The molecule has 178 valence electrons. The molecule has 2 aliphatic carbocycles. The van der Waals surface area contributed by atoms with E-state index in [1.54, 1.807) is 24.3 Å². The van der Waals surface area contributed by atoms with Crippen molar-refractivity contribution in [1.82, 2.24) is 5.32 Å². The number of carbonyl (C=O) groups excluding carboxylic acids is 2. The normalized spacial score (nSPS) is 17.7. The topological polar surface area (TPSA) is 105 Å². The highest BCUT2D eigenvalue weighted by Crippen LogP contribution is 2.44. The molecule has 0 spiro atoms. The first-order valence-corrected chi connectivity index (χ1v) is 11.7. The third-order valence-electron chi connectivity index (χ3n) is 6.71. The maximum absolute atomic E-state index is 12.4. The lowest BCUT2D eigenvalue weighted by Crippen LogP contribution is -2.28. The molecule has 3 aromatic rings. The summed E-state index contributed by atoms with van der Waals surface area (Å²) in [5.74, 6) is -1.27. The summed E-state index contributed by atoms with van der Waals surface area (Å²) in [4.78, 5) is 35.4. The van der Waals surface area contributed by atoms with Crippen LogP contribution in [-0.4, -0.2) is 36.2 Å². The molecule has 0 heterocycles. The van der Waals surface area contributed by atoms with E-state index in [4.69, 9.17) is 9.84 Å². The van der Waals surface area contributed by atoms with Gasteiger partial charge in [0.15, 0.2) is 0 Å². The van der Waals surface area contributed by atoms with Gasteiger partial charge < -0.3 is 15.2 Å². The van der Waals surface area contributed by atoms with Crippen LogP contribution in [0.4, 0.5) is 10.5 Å². The maximum atomic E-state index is 12.4. The fourth-order valence-electron chi connectivity index (χ4n) is 4.73. The third-order valence-corrected chi connectivity index (χ3v) is 6.71. The lowest BCUT2D eigenvalue weighted by Gasteiger charge is -2.14. The number of hydrogen-bond acceptors (Lipinski definition) is 4. The molecule has 3 N–H and O–H groups in total. The van der Waals surface area contributed by atoms with E-state index >= 15 is 0 Å². The molecule has 0 aromatic heterocycles. The molecule has 2 atom stereocenters. The summed E-state index contributed by atoms with van der Waals surface area (Å²) in [6.45, 7) is 0.624. The van der Waals surface area contributed by atoms with Gasteiger partial charge in [0.05, 0.1) is 12.3 Å². The SMILES string of the molecule is O=C(Cc1ccc(NC(=O)OCC2c3ccccc3-c3ccccc32)cc1)NC[C@H]1C[C@H]1C(=O)O. The molecule has 2 aliphatic rings. The summed E-state index contributed by atoms with van der Waals surface area (Å²) in [6, 6.07) is 23.4. The highest BCUT2D eigenvalue weighted by atomic mass is 16.5. The molecule has 7 nitrogen and oxygen atoms in total. The minimum atomic E-state index is -0.802. The second-order valence-corrected chi connectivity index (χ2v) is 9.07. The predicted octanol–water partition coefficient (Wildman–Crippen LogP) is 4.43. The smallest absolute Gasteiger partial charge is 0.411 e. The number of ether oxygens (including phenoxy) is 1. The van der Waals surface area contributed by atoms with E-state index in [1.165, 1.54) is 11.1 Å². The zero-order chi connectivity index (χ0) is 24.4. The Morgan fingerprint density at radius 3 is 2.11 bits per heavy atom. The molecule has 1 fully saturated rings. The lowest BCUT2D eigenvalue weighted by molar-refractivity contribution is -0.139. The van der Waals surface area contributed by atoms with Crippen LogP contribution in [0, 0.1) is 11.8 Å². The van der Waals surface area contributed by atoms with Crippen molar-refractivity contribution < 1.29 is 24.2 Å². The zero-order valence-electron chi connectivity index (χ0n) is 19.1. The second-order valence-electron chi connectivity index (χ2n) is 9.07. The van der Waals surface area contributed by atoms with Crippen LogP contribution in [0.5, 0.6) is 0 Å². The quantitative estimate of drug-likeness (QED) is 0.452. The number of anilines is 1. The summed E-state index contributed by atoms with van der Waals surface area (Å²) >= 11 is 0. The van der Waals surface area contributed by atoms with E-state index in [9.17, 15) is 14.4 Å². The van der Waals surface area contributed by atoms with E-state index in [-0.39, 0.29) is 36.7 Å². The molecule has 35 heavy (non-hydrogen) atoms. The maximum Gasteiger partial charge on any atom is 0.411 e. The Kier molecular flexibility index (Phi) is 6.23. The largest absolute Gasteiger partial charge is 0.481 e. The van der Waals surface area contributed by atoms with Crippen LogP contribution in [0.15, 0.2) is 72.8 Å². The van der Waals surface area contributed by atoms with Crippen LogP contribution in [0.1, 0.15) is 29.0 Å². The van der Waals surface area contributed by atoms with Gasteiger partial charge in [-0.2, -0.15) is 0 Å². The predicted molar refractivity (Wildman–Crippen MR) is 131 cm³/mol. The van der Waals surface area contributed by atoms with Gasteiger partial charge in [-0.15, -0.1) is 0 Å². The Morgan fingerprint density at radius 1 is 0.886 bits per heavy atom. The highest BCUT2D eigenvalue weighted by molar-refractivity contribution is 5.85. The van der Waals surface area contributed by atoms with Crippen molar-refractivity contribution in [2.75, 3.05) is 18.5 Å². The Morgan fingerprint density at radius 2 is 1.51 bits per heavy atom.